The monoisotopic (exact) mass is 705 g/mol. The molecule has 0 aliphatic carbocycles. The lowest BCUT2D eigenvalue weighted by atomic mass is 9.97. The Morgan fingerprint density at radius 2 is 0.759 bits per heavy atom. The van der Waals surface area contributed by atoms with Gasteiger partial charge in [-0.2, -0.15) is 0 Å². The van der Waals surface area contributed by atoms with Gasteiger partial charge in [0.15, 0.2) is 0 Å². The summed E-state index contributed by atoms with van der Waals surface area (Å²) >= 11 is 1.86. The van der Waals surface area contributed by atoms with Crippen LogP contribution in [0.1, 0.15) is 0 Å². The van der Waals surface area contributed by atoms with E-state index >= 15 is 0 Å². The van der Waals surface area contributed by atoms with Crippen molar-refractivity contribution in [3.63, 3.8) is 0 Å². The third-order valence-electron chi connectivity index (χ3n) is 10.5. The van der Waals surface area contributed by atoms with Crippen LogP contribution in [0.3, 0.4) is 0 Å². The Morgan fingerprint density at radius 1 is 0.296 bits per heavy atom. The van der Waals surface area contributed by atoms with Crippen molar-refractivity contribution in [3.8, 4) is 44.5 Å². The standard InChI is InChI=1S/C52H35NS/c1-2-10-36(11-3-1)38-20-22-39(23-21-38)40-26-30-46(31-27-40)53(50-18-9-17-49-48-16-6-7-19-51(48)54-52(49)50)47-32-28-41(29-33-47)43-14-8-15-44(34-43)45-25-24-37-12-4-5-13-42(37)35-45/h1-35H. The zero-order valence-corrected chi connectivity index (χ0v) is 30.4. The van der Waals surface area contributed by atoms with Crippen LogP contribution in [0.15, 0.2) is 212 Å². The molecule has 0 spiro atoms. The first-order valence-corrected chi connectivity index (χ1v) is 19.2. The maximum atomic E-state index is 2.41. The molecule has 0 aliphatic heterocycles. The zero-order chi connectivity index (χ0) is 35.8. The normalized spacial score (nSPS) is 11.3. The largest absolute Gasteiger partial charge is 0.309 e. The maximum absolute atomic E-state index is 2.41. The van der Waals surface area contributed by atoms with Crippen LogP contribution in [0.4, 0.5) is 17.1 Å². The van der Waals surface area contributed by atoms with Crippen molar-refractivity contribution in [1.82, 2.24) is 0 Å². The van der Waals surface area contributed by atoms with E-state index in [9.17, 15) is 0 Å². The Labute approximate surface area is 319 Å². The lowest BCUT2D eigenvalue weighted by Gasteiger charge is -2.26. The minimum Gasteiger partial charge on any atom is -0.309 e. The van der Waals surface area contributed by atoms with Gasteiger partial charge < -0.3 is 4.90 Å². The van der Waals surface area contributed by atoms with Gasteiger partial charge in [-0.3, -0.25) is 0 Å². The molecule has 54 heavy (non-hydrogen) atoms. The number of rotatable bonds is 7. The Bertz CT molecular complexity index is 2900. The SMILES string of the molecule is c1ccc(-c2ccc(-c3ccc(N(c4ccc(-c5cccc(-c6ccc7ccccc7c6)c5)cc4)c4cccc5c4sc4ccccc45)cc3)cc2)cc1. The summed E-state index contributed by atoms with van der Waals surface area (Å²) in [5, 5.41) is 5.11. The van der Waals surface area contributed by atoms with Crippen LogP contribution in [-0.4, -0.2) is 0 Å². The highest BCUT2D eigenvalue weighted by atomic mass is 32.1. The second-order valence-corrected chi connectivity index (χ2v) is 14.8. The average Bonchev–Trinajstić information content (AvgIpc) is 3.64. The molecule has 0 radical (unpaired) electrons. The maximum Gasteiger partial charge on any atom is 0.0640 e. The molecule has 0 aliphatic rings. The minimum atomic E-state index is 1.12. The molecule has 0 unspecified atom stereocenters. The van der Waals surface area contributed by atoms with E-state index in [1.807, 2.05) is 11.3 Å². The van der Waals surface area contributed by atoms with Crippen molar-refractivity contribution in [2.45, 2.75) is 0 Å². The number of anilines is 3. The summed E-state index contributed by atoms with van der Waals surface area (Å²) in [6.07, 6.45) is 0. The molecule has 1 nitrogen and oxygen atoms in total. The highest BCUT2D eigenvalue weighted by molar-refractivity contribution is 7.26. The second-order valence-electron chi connectivity index (χ2n) is 13.8. The van der Waals surface area contributed by atoms with E-state index in [2.05, 4.69) is 217 Å². The fraction of sp³-hybridized carbons (Fsp3) is 0. The topological polar surface area (TPSA) is 3.24 Å². The molecule has 10 rings (SSSR count). The summed E-state index contributed by atoms with van der Waals surface area (Å²) in [5.74, 6) is 0. The predicted molar refractivity (Wildman–Crippen MR) is 233 cm³/mol. The number of nitrogens with zero attached hydrogens (tertiary/aromatic N) is 1. The number of hydrogen-bond donors (Lipinski definition) is 0. The quantitative estimate of drug-likeness (QED) is 0.160. The Balaban J connectivity index is 1.02. The molecule has 0 amide bonds. The zero-order valence-electron chi connectivity index (χ0n) is 29.6. The van der Waals surface area contributed by atoms with E-state index in [0.717, 1.165) is 11.4 Å². The number of fused-ring (bicyclic) bond motifs is 4. The molecule has 0 fully saturated rings. The van der Waals surface area contributed by atoms with Gasteiger partial charge in [0.1, 0.15) is 0 Å². The van der Waals surface area contributed by atoms with E-state index in [1.54, 1.807) is 0 Å². The van der Waals surface area contributed by atoms with Gasteiger partial charge in [0.05, 0.1) is 10.4 Å². The summed E-state index contributed by atoms with van der Waals surface area (Å²) in [7, 11) is 0. The summed E-state index contributed by atoms with van der Waals surface area (Å²) in [5.41, 5.74) is 13.1. The first-order valence-electron chi connectivity index (χ1n) is 18.4. The second kappa shape index (κ2) is 13.7. The predicted octanol–water partition coefficient (Wildman–Crippen LogP) is 15.3. The van der Waals surface area contributed by atoms with Crippen LogP contribution >= 0.6 is 11.3 Å². The molecule has 1 heterocycles. The molecule has 0 saturated carbocycles. The van der Waals surface area contributed by atoms with Crippen LogP contribution in [0.5, 0.6) is 0 Å². The molecule has 0 saturated heterocycles. The number of hydrogen-bond acceptors (Lipinski definition) is 2. The highest BCUT2D eigenvalue weighted by Crippen LogP contribution is 2.45. The van der Waals surface area contributed by atoms with Crippen molar-refractivity contribution in [3.05, 3.63) is 212 Å². The number of benzene rings is 9. The van der Waals surface area contributed by atoms with Crippen LogP contribution in [0.2, 0.25) is 0 Å². The lowest BCUT2D eigenvalue weighted by Crippen LogP contribution is -2.10. The van der Waals surface area contributed by atoms with E-state index in [4.69, 9.17) is 0 Å². The van der Waals surface area contributed by atoms with Crippen molar-refractivity contribution < 1.29 is 0 Å². The van der Waals surface area contributed by atoms with Gasteiger partial charge >= 0.3 is 0 Å². The first kappa shape index (κ1) is 32.0. The lowest BCUT2D eigenvalue weighted by molar-refractivity contribution is 1.30. The first-order chi connectivity index (χ1) is 26.7. The summed E-state index contributed by atoms with van der Waals surface area (Å²) < 4.78 is 2.59. The molecule has 0 atom stereocenters. The molecule has 1 aromatic heterocycles. The third-order valence-corrected chi connectivity index (χ3v) is 11.7. The molecular formula is C52H35NS. The molecule has 2 heteroatoms. The van der Waals surface area contributed by atoms with Crippen LogP contribution in [0, 0.1) is 0 Å². The van der Waals surface area contributed by atoms with Crippen molar-refractivity contribution in [1.29, 1.82) is 0 Å². The van der Waals surface area contributed by atoms with Crippen LogP contribution in [-0.2, 0) is 0 Å². The van der Waals surface area contributed by atoms with Gasteiger partial charge in [-0.05, 0) is 104 Å². The average molecular weight is 706 g/mol. The van der Waals surface area contributed by atoms with Crippen LogP contribution in [0.25, 0.3) is 75.5 Å². The van der Waals surface area contributed by atoms with E-state index in [1.165, 1.54) is 81.1 Å². The summed E-state index contributed by atoms with van der Waals surface area (Å²) in [6.45, 7) is 0. The van der Waals surface area contributed by atoms with E-state index < -0.39 is 0 Å². The van der Waals surface area contributed by atoms with E-state index in [-0.39, 0.29) is 0 Å². The molecule has 0 N–H and O–H groups in total. The van der Waals surface area contributed by atoms with Crippen molar-refractivity contribution in [2.75, 3.05) is 4.90 Å². The Hall–Kier alpha value is -6.74. The summed E-state index contributed by atoms with van der Waals surface area (Å²) in [4.78, 5) is 2.41. The molecule has 254 valence electrons. The Morgan fingerprint density at radius 3 is 1.46 bits per heavy atom. The van der Waals surface area contributed by atoms with E-state index in [0.29, 0.717) is 0 Å². The minimum absolute atomic E-state index is 1.12. The molecule has 10 aromatic rings. The van der Waals surface area contributed by atoms with Gasteiger partial charge in [0.2, 0.25) is 0 Å². The van der Waals surface area contributed by atoms with Crippen LogP contribution < -0.4 is 4.90 Å². The molecule has 9 aromatic carbocycles. The fourth-order valence-corrected chi connectivity index (χ4v) is 8.88. The summed E-state index contributed by atoms with van der Waals surface area (Å²) in [6, 6.07) is 77.1. The Kier molecular flexibility index (Phi) is 8.09. The van der Waals surface area contributed by atoms with Gasteiger partial charge in [-0.15, -0.1) is 11.3 Å². The third kappa shape index (κ3) is 5.93. The molecular weight excluding hydrogens is 671 g/mol. The highest BCUT2D eigenvalue weighted by Gasteiger charge is 2.18. The van der Waals surface area contributed by atoms with Crippen molar-refractivity contribution >= 4 is 59.3 Å². The number of thiophene rings is 1. The van der Waals surface area contributed by atoms with Crippen molar-refractivity contribution in [2.24, 2.45) is 0 Å². The fourth-order valence-electron chi connectivity index (χ4n) is 7.67. The van der Waals surface area contributed by atoms with Gasteiger partial charge in [-0.1, -0.05) is 164 Å². The van der Waals surface area contributed by atoms with Gasteiger partial charge in [0.25, 0.3) is 0 Å². The smallest absolute Gasteiger partial charge is 0.0640 e. The van der Waals surface area contributed by atoms with Gasteiger partial charge in [0, 0.05) is 26.8 Å². The van der Waals surface area contributed by atoms with Gasteiger partial charge in [-0.25, -0.2) is 0 Å². The molecule has 0 bridgehead atoms.